The van der Waals surface area contributed by atoms with Crippen molar-refractivity contribution in [2.45, 2.75) is 51.5 Å². The van der Waals surface area contributed by atoms with Crippen molar-refractivity contribution in [3.8, 4) is 0 Å². The molecule has 0 aromatic heterocycles. The molecule has 90 valence electrons. The summed E-state index contributed by atoms with van der Waals surface area (Å²) in [6.07, 6.45) is 2.57. The van der Waals surface area contributed by atoms with Crippen LogP contribution < -0.4 is 5.73 Å². The molecule has 0 saturated carbocycles. The fraction of sp³-hybridized carbons (Fsp3) is 1.00. The van der Waals surface area contributed by atoms with Gasteiger partial charge in [0.1, 0.15) is 0 Å². The van der Waals surface area contributed by atoms with Gasteiger partial charge in [-0.3, -0.25) is 0 Å². The van der Waals surface area contributed by atoms with Gasteiger partial charge in [-0.05, 0) is 25.2 Å². The van der Waals surface area contributed by atoms with E-state index in [1.54, 1.807) is 0 Å². The molecule has 3 N–H and O–H groups in total. The van der Waals surface area contributed by atoms with Crippen molar-refractivity contribution in [3.05, 3.63) is 0 Å². The van der Waals surface area contributed by atoms with Crippen LogP contribution in [0.25, 0.3) is 0 Å². The zero-order valence-electron chi connectivity index (χ0n) is 9.69. The fourth-order valence-electron chi connectivity index (χ4n) is 1.65. The summed E-state index contributed by atoms with van der Waals surface area (Å²) < 4.78 is 10.9. The van der Waals surface area contributed by atoms with E-state index in [0.29, 0.717) is 6.61 Å². The maximum Gasteiger partial charge on any atom is 0.157 e. The number of aliphatic hydroxyl groups is 1. The van der Waals surface area contributed by atoms with Crippen molar-refractivity contribution < 1.29 is 14.6 Å². The van der Waals surface area contributed by atoms with E-state index in [-0.39, 0.29) is 18.2 Å². The Balaban J connectivity index is 2.17. The molecule has 0 aromatic carbocycles. The lowest BCUT2D eigenvalue weighted by molar-refractivity contribution is -0.168. The predicted octanol–water partition coefficient (Wildman–Crippen LogP) is 0.874. The molecule has 1 saturated heterocycles. The molecule has 0 aromatic rings. The fourth-order valence-corrected chi connectivity index (χ4v) is 1.65. The van der Waals surface area contributed by atoms with E-state index in [0.717, 1.165) is 25.9 Å². The molecule has 0 bridgehead atoms. The van der Waals surface area contributed by atoms with Crippen LogP contribution in [0, 0.1) is 5.92 Å². The summed E-state index contributed by atoms with van der Waals surface area (Å²) in [4.78, 5) is 0. The van der Waals surface area contributed by atoms with Gasteiger partial charge < -0.3 is 20.3 Å². The molecular formula is C11H23NO3. The number of aliphatic hydroxyl groups excluding tert-OH is 1. The molecule has 1 unspecified atom stereocenters. The quantitative estimate of drug-likeness (QED) is 0.717. The minimum absolute atomic E-state index is 0.121. The van der Waals surface area contributed by atoms with Crippen molar-refractivity contribution >= 4 is 0 Å². The largest absolute Gasteiger partial charge is 0.391 e. The Hall–Kier alpha value is -0.160. The van der Waals surface area contributed by atoms with Crippen LogP contribution in [0.15, 0.2) is 0 Å². The van der Waals surface area contributed by atoms with Gasteiger partial charge in [0, 0.05) is 6.61 Å². The summed E-state index contributed by atoms with van der Waals surface area (Å²) in [6.45, 7) is 5.03. The van der Waals surface area contributed by atoms with Crippen molar-refractivity contribution in [1.29, 1.82) is 0 Å². The second kappa shape index (κ2) is 6.43. The Morgan fingerprint density at radius 3 is 2.73 bits per heavy atom. The third kappa shape index (κ3) is 4.47. The molecule has 1 aliphatic rings. The van der Waals surface area contributed by atoms with Crippen LogP contribution in [-0.2, 0) is 9.47 Å². The van der Waals surface area contributed by atoms with Crippen LogP contribution in [0.1, 0.15) is 33.1 Å². The second-order valence-corrected chi connectivity index (χ2v) is 4.53. The molecule has 15 heavy (non-hydrogen) atoms. The Morgan fingerprint density at radius 1 is 1.47 bits per heavy atom. The highest BCUT2D eigenvalue weighted by molar-refractivity contribution is 4.74. The minimum atomic E-state index is -0.506. The molecule has 4 nitrogen and oxygen atoms in total. The normalized spacial score (nSPS) is 26.6. The Kier molecular flexibility index (Phi) is 5.53. The van der Waals surface area contributed by atoms with E-state index in [1.165, 1.54) is 0 Å². The summed E-state index contributed by atoms with van der Waals surface area (Å²) in [6, 6.07) is -0.324. The molecule has 0 radical (unpaired) electrons. The molecule has 0 spiro atoms. The van der Waals surface area contributed by atoms with Gasteiger partial charge in [0.25, 0.3) is 0 Å². The van der Waals surface area contributed by atoms with Crippen LogP contribution in [0.4, 0.5) is 0 Å². The van der Waals surface area contributed by atoms with Gasteiger partial charge in [-0.25, -0.2) is 0 Å². The molecule has 3 atom stereocenters. The van der Waals surface area contributed by atoms with Crippen molar-refractivity contribution in [1.82, 2.24) is 0 Å². The molecular weight excluding hydrogens is 194 g/mol. The first-order chi connectivity index (χ1) is 7.11. The molecule has 0 amide bonds. The summed E-state index contributed by atoms with van der Waals surface area (Å²) >= 11 is 0. The average molecular weight is 217 g/mol. The van der Waals surface area contributed by atoms with E-state index in [4.69, 9.17) is 15.2 Å². The maximum absolute atomic E-state index is 9.68. The predicted molar refractivity (Wildman–Crippen MR) is 58.4 cm³/mol. The molecule has 1 aliphatic heterocycles. The molecule has 4 heteroatoms. The van der Waals surface area contributed by atoms with Crippen LogP contribution in [-0.4, -0.2) is 36.8 Å². The van der Waals surface area contributed by atoms with Gasteiger partial charge >= 0.3 is 0 Å². The lowest BCUT2D eigenvalue weighted by Crippen LogP contribution is -2.43. The van der Waals surface area contributed by atoms with Crippen LogP contribution in [0.2, 0.25) is 0 Å². The van der Waals surface area contributed by atoms with E-state index in [1.807, 2.05) is 13.8 Å². The van der Waals surface area contributed by atoms with Crippen molar-refractivity contribution in [2.75, 3.05) is 13.2 Å². The van der Waals surface area contributed by atoms with E-state index < -0.39 is 6.10 Å². The zero-order chi connectivity index (χ0) is 11.3. The Labute approximate surface area is 91.7 Å². The summed E-state index contributed by atoms with van der Waals surface area (Å²) in [7, 11) is 0. The van der Waals surface area contributed by atoms with Gasteiger partial charge in [-0.1, -0.05) is 13.8 Å². The number of nitrogens with two attached hydrogens (primary N) is 1. The third-order valence-corrected chi connectivity index (χ3v) is 2.73. The van der Waals surface area contributed by atoms with E-state index in [9.17, 15) is 5.11 Å². The van der Waals surface area contributed by atoms with Crippen LogP contribution in [0.5, 0.6) is 0 Å². The highest BCUT2D eigenvalue weighted by Gasteiger charge is 2.21. The monoisotopic (exact) mass is 217 g/mol. The van der Waals surface area contributed by atoms with Crippen molar-refractivity contribution in [3.63, 3.8) is 0 Å². The lowest BCUT2D eigenvalue weighted by Gasteiger charge is -2.27. The zero-order valence-corrected chi connectivity index (χ0v) is 9.69. The maximum atomic E-state index is 9.68. The van der Waals surface area contributed by atoms with Gasteiger partial charge in [0.15, 0.2) is 6.29 Å². The van der Waals surface area contributed by atoms with Gasteiger partial charge in [0.05, 0.1) is 18.8 Å². The van der Waals surface area contributed by atoms with Crippen LogP contribution >= 0.6 is 0 Å². The van der Waals surface area contributed by atoms with E-state index in [2.05, 4.69) is 0 Å². The second-order valence-electron chi connectivity index (χ2n) is 4.53. The average Bonchev–Trinajstić information content (AvgIpc) is 2.26. The number of hydrogen-bond acceptors (Lipinski definition) is 4. The van der Waals surface area contributed by atoms with Crippen LogP contribution in [0.3, 0.4) is 0 Å². The topological polar surface area (TPSA) is 64.7 Å². The highest BCUT2D eigenvalue weighted by atomic mass is 16.7. The summed E-state index contributed by atoms with van der Waals surface area (Å²) in [5.74, 6) is 0.163. The molecule has 1 rings (SSSR count). The standard InChI is InChI=1S/C11H23NO3/c1-8(2)11(13)9(12)7-15-10-5-3-4-6-14-10/h8-11,13H,3-7,12H2,1-2H3/t9-,10?,11+/m1/s1. The van der Waals surface area contributed by atoms with Crippen molar-refractivity contribution in [2.24, 2.45) is 11.7 Å². The van der Waals surface area contributed by atoms with Gasteiger partial charge in [-0.15, -0.1) is 0 Å². The highest BCUT2D eigenvalue weighted by Crippen LogP contribution is 2.14. The van der Waals surface area contributed by atoms with Gasteiger partial charge in [-0.2, -0.15) is 0 Å². The summed E-state index contributed by atoms with van der Waals surface area (Å²) in [5.41, 5.74) is 5.80. The summed E-state index contributed by atoms with van der Waals surface area (Å²) in [5, 5.41) is 9.68. The first kappa shape index (κ1) is 12.9. The third-order valence-electron chi connectivity index (χ3n) is 2.73. The number of rotatable bonds is 5. The SMILES string of the molecule is CC(C)[C@H](O)[C@H](N)COC1CCCCO1. The first-order valence-corrected chi connectivity index (χ1v) is 5.78. The Bertz CT molecular complexity index is 169. The smallest absolute Gasteiger partial charge is 0.157 e. The number of ether oxygens (including phenoxy) is 2. The van der Waals surface area contributed by atoms with E-state index >= 15 is 0 Å². The number of hydrogen-bond donors (Lipinski definition) is 2. The molecule has 1 heterocycles. The molecule has 1 fully saturated rings. The van der Waals surface area contributed by atoms with Gasteiger partial charge in [0.2, 0.25) is 0 Å². The minimum Gasteiger partial charge on any atom is -0.391 e. The Morgan fingerprint density at radius 2 is 2.20 bits per heavy atom. The lowest BCUT2D eigenvalue weighted by atomic mass is 10.0. The molecule has 0 aliphatic carbocycles. The first-order valence-electron chi connectivity index (χ1n) is 5.78.